The van der Waals surface area contributed by atoms with Gasteiger partial charge in [-0.05, 0) is 31.9 Å². The Morgan fingerprint density at radius 1 is 0.886 bits per heavy atom. The van der Waals surface area contributed by atoms with Gasteiger partial charge in [-0.1, -0.05) is 60.7 Å². The second kappa shape index (κ2) is 8.09. The highest BCUT2D eigenvalue weighted by atomic mass is 16.6. The third kappa shape index (κ3) is 3.86. The van der Waals surface area contributed by atoms with Crippen LogP contribution < -0.4 is 11.1 Å². The number of amides is 1. The fourth-order valence-corrected chi connectivity index (χ4v) is 5.55. The van der Waals surface area contributed by atoms with Gasteiger partial charge in [-0.25, -0.2) is 9.59 Å². The molecule has 0 spiro atoms. The lowest BCUT2D eigenvalue weighted by molar-refractivity contribution is -0.143. The largest absolute Gasteiger partial charge is 0.464 e. The summed E-state index contributed by atoms with van der Waals surface area (Å²) in [5.41, 5.74) is 5.91. The molecule has 0 radical (unpaired) electrons. The Labute approximate surface area is 204 Å². The number of rotatable bonds is 3. The lowest BCUT2D eigenvalue weighted by Gasteiger charge is -2.22. The van der Waals surface area contributed by atoms with Gasteiger partial charge in [-0.2, -0.15) is 0 Å². The van der Waals surface area contributed by atoms with E-state index in [2.05, 4.69) is 5.32 Å². The van der Waals surface area contributed by atoms with Gasteiger partial charge < -0.3 is 25.3 Å². The zero-order chi connectivity index (χ0) is 25.0. The van der Waals surface area contributed by atoms with Crippen molar-refractivity contribution in [3.63, 3.8) is 0 Å². The Bertz CT molecular complexity index is 1150. The normalized spacial score (nSPS) is 33.8. The van der Waals surface area contributed by atoms with Crippen molar-refractivity contribution in [1.29, 1.82) is 0 Å². The number of fused-ring (bicyclic) bond motifs is 2. The lowest BCUT2D eigenvalue weighted by Crippen LogP contribution is -2.46. The van der Waals surface area contributed by atoms with Gasteiger partial charge in [-0.15, -0.1) is 0 Å². The molecule has 1 amide bonds. The number of nitrogens with one attached hydrogen (secondary N) is 1. The van der Waals surface area contributed by atoms with Crippen LogP contribution in [0.15, 0.2) is 60.7 Å². The number of nitrogens with two attached hydrogens (primary N) is 1. The van der Waals surface area contributed by atoms with E-state index in [9.17, 15) is 14.4 Å². The Morgan fingerprint density at radius 2 is 1.40 bits per heavy atom. The van der Waals surface area contributed by atoms with Crippen molar-refractivity contribution >= 4 is 18.0 Å². The number of carbonyl (C=O) groups is 3. The second-order valence-corrected chi connectivity index (χ2v) is 10.6. The van der Waals surface area contributed by atoms with Crippen LogP contribution in [0.4, 0.5) is 4.79 Å². The topological polar surface area (TPSA) is 117 Å². The van der Waals surface area contributed by atoms with Gasteiger partial charge in [-0.3, -0.25) is 4.79 Å². The molecule has 0 aromatic heterocycles. The van der Waals surface area contributed by atoms with E-state index in [0.717, 1.165) is 11.1 Å². The zero-order valence-corrected chi connectivity index (χ0v) is 20.0. The average molecular weight is 479 g/mol. The summed E-state index contributed by atoms with van der Waals surface area (Å²) in [7, 11) is 0. The van der Waals surface area contributed by atoms with Crippen molar-refractivity contribution in [3.8, 4) is 0 Å². The molecule has 6 rings (SSSR count). The van der Waals surface area contributed by atoms with Crippen LogP contribution in [0.3, 0.4) is 0 Å². The van der Waals surface area contributed by atoms with E-state index in [1.165, 1.54) is 0 Å². The predicted octanol–water partition coefficient (Wildman–Crippen LogP) is 2.87. The van der Waals surface area contributed by atoms with Crippen molar-refractivity contribution in [2.45, 2.75) is 49.3 Å². The van der Waals surface area contributed by atoms with Crippen LogP contribution in [0, 0.1) is 11.8 Å². The number of hydrogen-bond acceptors (Lipinski definition) is 7. The van der Waals surface area contributed by atoms with Crippen molar-refractivity contribution in [2.24, 2.45) is 17.6 Å². The lowest BCUT2D eigenvalue weighted by atomic mass is 10.1. The Kier molecular flexibility index (Phi) is 5.40. The molecule has 2 aromatic carbocycles. The standard InChI is InChI=1S/C16H19NO4.C11H11NO2/c1-15(2,3)21-14(19)17-16-11(9-20-13(16)18)12(16)10-7-5-4-6-8-10;12-11-8(6-14-10(11)13)9(11)7-4-2-1-3-5-7/h4-8,11-12H,9H2,1-3H3,(H,17,19);1-5,8-9H,6,12H2. The molecule has 4 fully saturated rings. The molecular weight excluding hydrogens is 448 g/mol. The van der Waals surface area contributed by atoms with E-state index < -0.39 is 22.8 Å². The molecule has 2 aliphatic heterocycles. The Morgan fingerprint density at radius 3 is 1.91 bits per heavy atom. The van der Waals surface area contributed by atoms with Crippen LogP contribution in [-0.4, -0.2) is 47.9 Å². The summed E-state index contributed by atoms with van der Waals surface area (Å²) >= 11 is 0. The SMILES string of the molecule is CC(C)(C)OC(=O)NC12C(=O)OCC1C2c1ccccc1.NC12C(=O)OCC1C2c1ccccc1. The first kappa shape index (κ1) is 23.4. The quantitative estimate of drug-likeness (QED) is 0.515. The fraction of sp³-hybridized carbons (Fsp3) is 0.444. The van der Waals surface area contributed by atoms with Crippen LogP contribution in [0.5, 0.6) is 0 Å². The number of alkyl carbamates (subject to hydrolysis) is 1. The number of cyclic esters (lactones) is 2. The maximum atomic E-state index is 12.1. The molecule has 8 heteroatoms. The summed E-state index contributed by atoms with van der Waals surface area (Å²) in [6, 6.07) is 19.7. The molecule has 2 heterocycles. The van der Waals surface area contributed by atoms with Gasteiger partial charge in [0.15, 0.2) is 5.54 Å². The number of esters is 2. The molecule has 6 atom stereocenters. The summed E-state index contributed by atoms with van der Waals surface area (Å²) in [6.45, 7) is 6.19. The Balaban J connectivity index is 0.000000156. The number of hydrogen-bond donors (Lipinski definition) is 2. The van der Waals surface area contributed by atoms with E-state index in [4.69, 9.17) is 19.9 Å². The van der Waals surface area contributed by atoms with Gasteiger partial charge >= 0.3 is 18.0 Å². The number of benzene rings is 2. The molecule has 35 heavy (non-hydrogen) atoms. The summed E-state index contributed by atoms with van der Waals surface area (Å²) in [4.78, 5) is 35.5. The molecule has 8 nitrogen and oxygen atoms in total. The average Bonchev–Trinajstić information content (AvgIpc) is 3.56. The first-order valence-corrected chi connectivity index (χ1v) is 11.8. The van der Waals surface area contributed by atoms with Gasteiger partial charge in [0.05, 0.1) is 13.2 Å². The summed E-state index contributed by atoms with van der Waals surface area (Å²) in [6.07, 6.45) is -0.579. The number of carbonyl (C=O) groups excluding carboxylic acids is 3. The smallest absolute Gasteiger partial charge is 0.408 e. The van der Waals surface area contributed by atoms with Crippen LogP contribution in [-0.2, 0) is 23.8 Å². The van der Waals surface area contributed by atoms with E-state index >= 15 is 0 Å². The predicted molar refractivity (Wildman–Crippen MR) is 126 cm³/mol. The molecular formula is C27H30N2O6. The molecule has 2 saturated heterocycles. The minimum Gasteiger partial charge on any atom is -0.464 e. The monoisotopic (exact) mass is 478 g/mol. The number of ether oxygens (including phenoxy) is 3. The molecule has 0 bridgehead atoms. The van der Waals surface area contributed by atoms with Crippen LogP contribution in [0.2, 0.25) is 0 Å². The molecule has 3 N–H and O–H groups in total. The highest BCUT2D eigenvalue weighted by Gasteiger charge is 2.76. The second-order valence-electron chi connectivity index (χ2n) is 10.6. The van der Waals surface area contributed by atoms with Crippen molar-refractivity contribution in [3.05, 3.63) is 71.8 Å². The zero-order valence-electron chi connectivity index (χ0n) is 20.0. The van der Waals surface area contributed by atoms with E-state index in [0.29, 0.717) is 13.2 Å². The molecule has 2 aliphatic carbocycles. The van der Waals surface area contributed by atoms with Crippen LogP contribution in [0.1, 0.15) is 43.7 Å². The van der Waals surface area contributed by atoms with E-state index in [-0.39, 0.29) is 35.6 Å². The van der Waals surface area contributed by atoms with Crippen molar-refractivity contribution < 1.29 is 28.6 Å². The molecule has 2 aromatic rings. The minimum atomic E-state index is -0.955. The maximum Gasteiger partial charge on any atom is 0.408 e. The summed E-state index contributed by atoms with van der Waals surface area (Å²) in [5, 5.41) is 2.75. The highest BCUT2D eigenvalue weighted by molar-refractivity contribution is 5.94. The van der Waals surface area contributed by atoms with Gasteiger partial charge in [0.1, 0.15) is 11.1 Å². The molecule has 184 valence electrons. The Hall–Kier alpha value is -3.39. The summed E-state index contributed by atoms with van der Waals surface area (Å²) in [5.74, 6) is -0.293. The molecule has 4 aliphatic rings. The van der Waals surface area contributed by atoms with Crippen molar-refractivity contribution in [1.82, 2.24) is 5.32 Å². The highest BCUT2D eigenvalue weighted by Crippen LogP contribution is 2.62. The van der Waals surface area contributed by atoms with Gasteiger partial charge in [0.25, 0.3) is 0 Å². The first-order chi connectivity index (χ1) is 16.6. The van der Waals surface area contributed by atoms with E-state index in [1.54, 1.807) is 20.8 Å². The minimum absolute atomic E-state index is 0.0140. The molecule has 2 saturated carbocycles. The first-order valence-electron chi connectivity index (χ1n) is 11.8. The van der Waals surface area contributed by atoms with Gasteiger partial charge in [0.2, 0.25) is 0 Å². The van der Waals surface area contributed by atoms with Crippen LogP contribution in [0.25, 0.3) is 0 Å². The van der Waals surface area contributed by atoms with E-state index in [1.807, 2.05) is 60.7 Å². The molecule has 6 unspecified atom stereocenters. The maximum absolute atomic E-state index is 12.1. The third-order valence-corrected chi connectivity index (χ3v) is 7.29. The van der Waals surface area contributed by atoms with Gasteiger partial charge in [0, 0.05) is 23.7 Å². The summed E-state index contributed by atoms with van der Waals surface area (Å²) < 4.78 is 15.3. The third-order valence-electron chi connectivity index (χ3n) is 7.29. The fourth-order valence-electron chi connectivity index (χ4n) is 5.55. The van der Waals surface area contributed by atoms with Crippen molar-refractivity contribution in [2.75, 3.05) is 13.2 Å². The van der Waals surface area contributed by atoms with Crippen LogP contribution >= 0.6 is 0 Å².